The van der Waals surface area contributed by atoms with Crippen molar-refractivity contribution in [2.45, 2.75) is 229 Å². The van der Waals surface area contributed by atoms with E-state index in [9.17, 15) is 88.7 Å². The topological polar surface area (TPSA) is 438 Å². The summed E-state index contributed by atoms with van der Waals surface area (Å²) in [5.74, 6) is -3.93. The van der Waals surface area contributed by atoms with Crippen LogP contribution in [0.5, 0.6) is 0 Å². The van der Waals surface area contributed by atoms with E-state index in [1.54, 1.807) is 25.7 Å². The highest BCUT2D eigenvalue weighted by atomic mass is 31.2. The third kappa shape index (κ3) is 22.9. The predicted octanol–water partition coefficient (Wildman–Crippen LogP) is 1.75. The van der Waals surface area contributed by atoms with Crippen molar-refractivity contribution in [3.8, 4) is 0 Å². The molecule has 530 valence electrons. The summed E-state index contributed by atoms with van der Waals surface area (Å²) in [4.78, 5) is 78.4. The number of phosphoric ester groups is 3. The summed E-state index contributed by atoms with van der Waals surface area (Å²) in [5, 5.41) is 91.5. The number of hydrogen-bond donors (Lipinski definition) is 12. The molecule has 24 atom stereocenters. The summed E-state index contributed by atoms with van der Waals surface area (Å²) in [7, 11) is -14.6. The van der Waals surface area contributed by atoms with Crippen molar-refractivity contribution in [3.05, 3.63) is 0 Å². The largest absolute Gasteiger partial charge is 0.472 e. The molecule has 6 fully saturated rings. The van der Waals surface area contributed by atoms with E-state index in [2.05, 4.69) is 0 Å². The molecule has 0 aromatic heterocycles. The molecule has 3 aliphatic carbocycles. The molecule has 6 rings (SSSR count). The SMILES string of the molecule is CC(C)OP(=O)(O)OC[C@@H]1C[C@@H](OP(=O)(O)OC[C@@H]2C[C@@H](OP(=O)(O)OC[C@@H]3C[C@@H](C)CN3C(=O)CCCCOC3CC(CO)C(O)C(O)C3C)CN2C(=O)CCCCOC2CC(CO)C(O)C(O)C2C)CN1C(=O)CCCCOC1CC(CO)C(O)C(O)C1C. The number of unbranched alkanes of at least 4 members (excludes halogenated alkanes) is 3. The number of likely N-dealkylation sites (tertiary alicyclic amines) is 3. The molecule has 30 nitrogen and oxygen atoms in total. The Hall–Kier alpha value is -1.74. The second kappa shape index (κ2) is 36.2. The van der Waals surface area contributed by atoms with Crippen molar-refractivity contribution in [1.82, 2.24) is 14.7 Å². The number of carbonyl (C=O) groups is 3. The quantitative estimate of drug-likeness (QED) is 0.0314. The van der Waals surface area contributed by atoms with Gasteiger partial charge in [0.2, 0.25) is 17.7 Å². The van der Waals surface area contributed by atoms with E-state index in [4.69, 9.17) is 41.4 Å². The maximum absolute atomic E-state index is 14.1. The van der Waals surface area contributed by atoms with Crippen LogP contribution in [-0.4, -0.2) is 264 Å². The van der Waals surface area contributed by atoms with E-state index in [1.807, 2.05) is 6.92 Å². The molecule has 3 amide bonds. The van der Waals surface area contributed by atoms with Crippen LogP contribution in [0.3, 0.4) is 0 Å². The van der Waals surface area contributed by atoms with Gasteiger partial charge in [0.25, 0.3) is 0 Å². The average molecular weight is 1370 g/mol. The highest BCUT2D eigenvalue weighted by molar-refractivity contribution is 7.48. The number of rotatable bonds is 36. The maximum Gasteiger partial charge on any atom is 0.472 e. The maximum atomic E-state index is 14.1. The van der Waals surface area contributed by atoms with Crippen molar-refractivity contribution in [3.63, 3.8) is 0 Å². The molecule has 0 spiro atoms. The number of hydrogen-bond acceptors (Lipinski definition) is 24. The zero-order valence-corrected chi connectivity index (χ0v) is 56.2. The Morgan fingerprint density at radius 3 is 1.07 bits per heavy atom. The van der Waals surface area contributed by atoms with Crippen LogP contribution in [0.15, 0.2) is 0 Å². The predicted molar refractivity (Wildman–Crippen MR) is 323 cm³/mol. The third-order valence-corrected chi connectivity index (χ3v) is 22.3. The van der Waals surface area contributed by atoms with Gasteiger partial charge >= 0.3 is 23.5 Å². The Morgan fingerprint density at radius 1 is 0.440 bits per heavy atom. The van der Waals surface area contributed by atoms with Crippen LogP contribution in [0.2, 0.25) is 0 Å². The van der Waals surface area contributed by atoms with E-state index in [1.165, 1.54) is 23.6 Å². The molecular formula is C58H106N3O27P3. The van der Waals surface area contributed by atoms with Crippen LogP contribution in [0, 0.1) is 41.4 Å². The van der Waals surface area contributed by atoms with Gasteiger partial charge in [-0.1, -0.05) is 27.7 Å². The Labute approximate surface area is 533 Å². The molecule has 0 aromatic rings. The summed E-state index contributed by atoms with van der Waals surface area (Å²) in [6.07, 6.45) is -7.30. The van der Waals surface area contributed by atoms with Gasteiger partial charge < -0.3 is 89.5 Å². The lowest BCUT2D eigenvalue weighted by atomic mass is 9.77. The fourth-order valence-electron chi connectivity index (χ4n) is 13.6. The van der Waals surface area contributed by atoms with Crippen LogP contribution >= 0.6 is 23.5 Å². The van der Waals surface area contributed by atoms with Crippen LogP contribution in [0.4, 0.5) is 0 Å². The highest BCUT2D eigenvalue weighted by Gasteiger charge is 2.47. The zero-order chi connectivity index (χ0) is 67.1. The molecule has 12 N–H and O–H groups in total. The second-order valence-corrected chi connectivity index (χ2v) is 30.7. The lowest BCUT2D eigenvalue weighted by Gasteiger charge is -2.40. The minimum Gasteiger partial charge on any atom is -0.396 e. The first-order chi connectivity index (χ1) is 42.9. The Bertz CT molecular complexity index is 2400. The molecule has 6 aliphatic rings. The molecule has 3 saturated heterocycles. The highest BCUT2D eigenvalue weighted by Crippen LogP contribution is 2.51. The number of phosphoric acid groups is 3. The van der Waals surface area contributed by atoms with Crippen LogP contribution in [-0.2, 0) is 69.4 Å². The van der Waals surface area contributed by atoms with Gasteiger partial charge in [-0.05, 0) is 96.8 Å². The Balaban J connectivity index is 1.04. The number of ether oxygens (including phenoxy) is 3. The lowest BCUT2D eigenvalue weighted by Crippen LogP contribution is -2.50. The molecule has 91 heavy (non-hydrogen) atoms. The number of amides is 3. The van der Waals surface area contributed by atoms with Gasteiger partial charge in [0.05, 0.1) is 111 Å². The van der Waals surface area contributed by atoms with Crippen LogP contribution in [0.1, 0.15) is 138 Å². The first kappa shape index (κ1) is 78.3. The third-order valence-electron chi connectivity index (χ3n) is 19.1. The Kier molecular flexibility index (Phi) is 31.1. The second-order valence-electron chi connectivity index (χ2n) is 26.5. The monoisotopic (exact) mass is 1370 g/mol. The summed E-state index contributed by atoms with van der Waals surface area (Å²) in [6.45, 7) is 8.24. The Morgan fingerprint density at radius 2 is 0.747 bits per heavy atom. The normalized spacial score (nSPS) is 36.8. The van der Waals surface area contributed by atoms with E-state index < -0.39 is 163 Å². The molecule has 18 unspecified atom stereocenters. The van der Waals surface area contributed by atoms with Gasteiger partial charge in [-0.3, -0.25) is 41.5 Å². The molecular weight excluding hydrogens is 1260 g/mol. The van der Waals surface area contributed by atoms with Gasteiger partial charge in [-0.15, -0.1) is 0 Å². The van der Waals surface area contributed by atoms with E-state index in [-0.39, 0.29) is 122 Å². The van der Waals surface area contributed by atoms with E-state index in [0.29, 0.717) is 64.3 Å². The van der Waals surface area contributed by atoms with E-state index in [0.717, 1.165) is 0 Å². The summed E-state index contributed by atoms with van der Waals surface area (Å²) >= 11 is 0. The van der Waals surface area contributed by atoms with Crippen molar-refractivity contribution in [1.29, 1.82) is 0 Å². The van der Waals surface area contributed by atoms with Crippen LogP contribution < -0.4 is 0 Å². The first-order valence-corrected chi connectivity index (χ1v) is 37.0. The van der Waals surface area contributed by atoms with Gasteiger partial charge in [0.1, 0.15) is 0 Å². The molecule has 0 bridgehead atoms. The van der Waals surface area contributed by atoms with Gasteiger partial charge in [-0.2, -0.15) is 0 Å². The van der Waals surface area contributed by atoms with Crippen molar-refractivity contribution in [2.75, 3.05) is 79.1 Å². The van der Waals surface area contributed by atoms with Crippen molar-refractivity contribution in [2.24, 2.45) is 41.4 Å². The van der Waals surface area contributed by atoms with E-state index >= 15 is 0 Å². The summed E-state index contributed by atoms with van der Waals surface area (Å²) in [5.41, 5.74) is 0. The molecule has 33 heteroatoms. The summed E-state index contributed by atoms with van der Waals surface area (Å²) < 4.78 is 91.0. The standard InChI is InChI=1S/C58H106N3O27P3/c1-34(2)86-89(74,75)83-32-43-23-45(26-60(43)51(66)14-8-11-17-81-48-21-40(29-63)57(72)54(69)37(48)5)88-91(78,79)85-33-44-24-46(27-61(44)52(67)15-9-12-18-82-49-22-41(30-64)58(73)55(70)38(49)6)87-90(76,77)84-31-42-19-35(3)25-59(42)50(65)13-7-10-16-80-47-20-39(28-62)56(71)53(68)36(47)4/h34-49,53-58,62-64,68-73H,7-33H2,1-6H3,(H,74,75)(H,76,77)(H,78,79)/t35-,36?,37?,38?,39?,40?,41?,42+,43+,44+,45-,46-,47?,48?,49?,53?,54?,55?,56?,57?,58?/m1/s1. The van der Waals surface area contributed by atoms with Crippen molar-refractivity contribution < 1.29 is 130 Å². The number of aliphatic hydroxyl groups excluding tert-OH is 9. The number of aliphatic hydroxyl groups is 9. The zero-order valence-electron chi connectivity index (χ0n) is 53.5. The van der Waals surface area contributed by atoms with Gasteiger partial charge in [0.15, 0.2) is 0 Å². The lowest BCUT2D eigenvalue weighted by molar-refractivity contribution is -0.144. The minimum atomic E-state index is -5.07. The first-order valence-electron chi connectivity index (χ1n) is 32.5. The molecule has 0 aromatic carbocycles. The molecule has 3 aliphatic heterocycles. The fourth-order valence-corrected chi connectivity index (χ4v) is 16.4. The molecule has 3 saturated carbocycles. The van der Waals surface area contributed by atoms with Crippen LogP contribution in [0.25, 0.3) is 0 Å². The minimum absolute atomic E-state index is 0.0383. The molecule has 3 heterocycles. The fraction of sp³-hybridized carbons (Fsp3) is 0.948. The van der Waals surface area contributed by atoms with Gasteiger partial charge in [0, 0.05) is 114 Å². The summed E-state index contributed by atoms with van der Waals surface area (Å²) in [6, 6.07) is -2.54. The molecule has 0 radical (unpaired) electrons. The number of nitrogens with zero attached hydrogens (tertiary/aromatic N) is 3. The smallest absolute Gasteiger partial charge is 0.396 e. The van der Waals surface area contributed by atoms with Gasteiger partial charge in [-0.25, -0.2) is 13.7 Å². The number of carbonyl (C=O) groups excluding carboxylic acids is 3. The van der Waals surface area contributed by atoms with Crippen molar-refractivity contribution >= 4 is 41.2 Å². The average Bonchev–Trinajstić information content (AvgIpc) is 1.61.